The Labute approximate surface area is 111 Å². The predicted molar refractivity (Wildman–Crippen MR) is 71.5 cm³/mol. The SMILES string of the molecule is Cc1cc(C(=O)NCc2ccc3c(c2)CNC3)n[nH]1. The molecule has 0 saturated carbocycles. The maximum absolute atomic E-state index is 11.9. The van der Waals surface area contributed by atoms with Crippen LogP contribution in [0.25, 0.3) is 0 Å². The number of hydrogen-bond acceptors (Lipinski definition) is 3. The molecule has 5 heteroatoms. The standard InChI is InChI=1S/C14H16N4O/c1-9-4-13(18-17-9)14(19)16-6-10-2-3-11-7-15-8-12(11)5-10/h2-5,15H,6-8H2,1H3,(H,16,19)(H,17,18). The van der Waals surface area contributed by atoms with Gasteiger partial charge >= 0.3 is 0 Å². The number of rotatable bonds is 3. The van der Waals surface area contributed by atoms with E-state index in [0.717, 1.165) is 24.3 Å². The Morgan fingerprint density at radius 1 is 1.32 bits per heavy atom. The largest absolute Gasteiger partial charge is 0.347 e. The van der Waals surface area contributed by atoms with E-state index in [-0.39, 0.29) is 5.91 Å². The van der Waals surface area contributed by atoms with Crippen LogP contribution in [-0.4, -0.2) is 16.1 Å². The van der Waals surface area contributed by atoms with E-state index >= 15 is 0 Å². The van der Waals surface area contributed by atoms with Crippen molar-refractivity contribution in [1.29, 1.82) is 0 Å². The van der Waals surface area contributed by atoms with Gasteiger partial charge in [0.25, 0.3) is 5.91 Å². The normalized spacial score (nSPS) is 13.3. The second-order valence-electron chi connectivity index (χ2n) is 4.83. The summed E-state index contributed by atoms with van der Waals surface area (Å²) in [5.74, 6) is -0.150. The van der Waals surface area contributed by atoms with Crippen molar-refractivity contribution in [3.05, 3.63) is 52.3 Å². The van der Waals surface area contributed by atoms with E-state index in [1.165, 1.54) is 11.1 Å². The van der Waals surface area contributed by atoms with Crippen molar-refractivity contribution in [3.63, 3.8) is 0 Å². The van der Waals surface area contributed by atoms with E-state index in [4.69, 9.17) is 0 Å². The molecule has 0 unspecified atom stereocenters. The van der Waals surface area contributed by atoms with Gasteiger partial charge in [-0.05, 0) is 29.7 Å². The topological polar surface area (TPSA) is 69.8 Å². The molecule has 19 heavy (non-hydrogen) atoms. The summed E-state index contributed by atoms with van der Waals surface area (Å²) < 4.78 is 0. The average Bonchev–Trinajstić information content (AvgIpc) is 3.03. The summed E-state index contributed by atoms with van der Waals surface area (Å²) in [7, 11) is 0. The molecule has 2 heterocycles. The van der Waals surface area contributed by atoms with Gasteiger partial charge in [-0.1, -0.05) is 18.2 Å². The minimum Gasteiger partial charge on any atom is -0.347 e. The summed E-state index contributed by atoms with van der Waals surface area (Å²) in [6, 6.07) is 8.06. The van der Waals surface area contributed by atoms with Crippen LogP contribution in [0, 0.1) is 6.92 Å². The molecule has 1 aromatic carbocycles. The molecule has 0 spiro atoms. The second kappa shape index (κ2) is 4.85. The van der Waals surface area contributed by atoms with Crippen molar-refractivity contribution in [3.8, 4) is 0 Å². The molecule has 3 N–H and O–H groups in total. The first-order chi connectivity index (χ1) is 9.22. The zero-order valence-corrected chi connectivity index (χ0v) is 10.8. The van der Waals surface area contributed by atoms with E-state index in [1.54, 1.807) is 6.07 Å². The molecule has 1 aliphatic heterocycles. The number of nitrogens with zero attached hydrogens (tertiary/aromatic N) is 1. The molecular formula is C14H16N4O. The van der Waals surface area contributed by atoms with Crippen molar-refractivity contribution in [1.82, 2.24) is 20.8 Å². The maximum Gasteiger partial charge on any atom is 0.272 e. The van der Waals surface area contributed by atoms with E-state index in [0.29, 0.717) is 12.2 Å². The third kappa shape index (κ3) is 2.51. The first-order valence-electron chi connectivity index (χ1n) is 6.34. The monoisotopic (exact) mass is 256 g/mol. The number of aromatic nitrogens is 2. The highest BCUT2D eigenvalue weighted by molar-refractivity contribution is 5.92. The van der Waals surface area contributed by atoms with Gasteiger partial charge < -0.3 is 10.6 Å². The van der Waals surface area contributed by atoms with E-state index in [9.17, 15) is 4.79 Å². The minimum atomic E-state index is -0.150. The fourth-order valence-corrected chi connectivity index (χ4v) is 2.27. The van der Waals surface area contributed by atoms with E-state index in [2.05, 4.69) is 39.0 Å². The van der Waals surface area contributed by atoms with Crippen LogP contribution in [-0.2, 0) is 19.6 Å². The summed E-state index contributed by atoms with van der Waals surface area (Å²) in [5.41, 5.74) is 5.09. The first kappa shape index (κ1) is 11.9. The summed E-state index contributed by atoms with van der Waals surface area (Å²) >= 11 is 0. The molecular weight excluding hydrogens is 240 g/mol. The van der Waals surface area contributed by atoms with Gasteiger partial charge in [-0.3, -0.25) is 9.89 Å². The third-order valence-corrected chi connectivity index (χ3v) is 3.29. The molecule has 3 rings (SSSR count). The van der Waals surface area contributed by atoms with Crippen LogP contribution in [0.1, 0.15) is 32.9 Å². The average molecular weight is 256 g/mol. The molecule has 2 aromatic rings. The van der Waals surface area contributed by atoms with Crippen LogP contribution < -0.4 is 10.6 Å². The fourth-order valence-electron chi connectivity index (χ4n) is 2.27. The van der Waals surface area contributed by atoms with Crippen molar-refractivity contribution in [2.75, 3.05) is 0 Å². The number of aryl methyl sites for hydroxylation is 1. The summed E-state index contributed by atoms with van der Waals surface area (Å²) in [4.78, 5) is 11.9. The van der Waals surface area contributed by atoms with Gasteiger partial charge in [0.2, 0.25) is 0 Å². The molecule has 1 aliphatic rings. The Kier molecular flexibility index (Phi) is 3.05. The smallest absolute Gasteiger partial charge is 0.272 e. The Balaban J connectivity index is 1.64. The van der Waals surface area contributed by atoms with Crippen LogP contribution in [0.3, 0.4) is 0 Å². The number of H-pyrrole nitrogens is 1. The van der Waals surface area contributed by atoms with Crippen molar-refractivity contribution >= 4 is 5.91 Å². The van der Waals surface area contributed by atoms with E-state index < -0.39 is 0 Å². The number of carbonyl (C=O) groups is 1. The molecule has 0 radical (unpaired) electrons. The fraction of sp³-hybridized carbons (Fsp3) is 0.286. The molecule has 0 atom stereocenters. The molecule has 5 nitrogen and oxygen atoms in total. The zero-order chi connectivity index (χ0) is 13.2. The Morgan fingerprint density at radius 2 is 2.16 bits per heavy atom. The Bertz CT molecular complexity index is 618. The first-order valence-corrected chi connectivity index (χ1v) is 6.34. The maximum atomic E-state index is 11.9. The highest BCUT2D eigenvalue weighted by atomic mass is 16.1. The number of nitrogens with one attached hydrogen (secondary N) is 3. The summed E-state index contributed by atoms with van der Waals surface area (Å²) in [6.07, 6.45) is 0. The van der Waals surface area contributed by atoms with Crippen molar-refractivity contribution in [2.45, 2.75) is 26.6 Å². The van der Waals surface area contributed by atoms with Gasteiger partial charge in [0.05, 0.1) is 0 Å². The van der Waals surface area contributed by atoms with Crippen LogP contribution in [0.2, 0.25) is 0 Å². The third-order valence-electron chi connectivity index (χ3n) is 3.29. The van der Waals surface area contributed by atoms with Gasteiger partial charge in [-0.2, -0.15) is 5.10 Å². The molecule has 0 aliphatic carbocycles. The van der Waals surface area contributed by atoms with Gasteiger partial charge in [-0.15, -0.1) is 0 Å². The molecule has 98 valence electrons. The molecule has 0 saturated heterocycles. The number of benzene rings is 1. The van der Waals surface area contributed by atoms with Crippen LogP contribution >= 0.6 is 0 Å². The molecule has 0 bridgehead atoms. The number of amides is 1. The highest BCUT2D eigenvalue weighted by Crippen LogP contribution is 2.16. The number of carbonyl (C=O) groups excluding carboxylic acids is 1. The Morgan fingerprint density at radius 3 is 2.95 bits per heavy atom. The van der Waals surface area contributed by atoms with Gasteiger partial charge in [0.15, 0.2) is 0 Å². The molecule has 1 aromatic heterocycles. The van der Waals surface area contributed by atoms with Crippen LogP contribution in [0.15, 0.2) is 24.3 Å². The Hall–Kier alpha value is -2.14. The number of hydrogen-bond donors (Lipinski definition) is 3. The van der Waals surface area contributed by atoms with Crippen molar-refractivity contribution < 1.29 is 4.79 Å². The predicted octanol–water partition coefficient (Wildman–Crippen LogP) is 1.25. The summed E-state index contributed by atoms with van der Waals surface area (Å²) in [6.45, 7) is 4.25. The summed E-state index contributed by atoms with van der Waals surface area (Å²) in [5, 5.41) is 12.9. The minimum absolute atomic E-state index is 0.150. The molecule has 1 amide bonds. The van der Waals surface area contributed by atoms with Gasteiger partial charge in [-0.25, -0.2) is 0 Å². The van der Waals surface area contributed by atoms with E-state index in [1.807, 2.05) is 6.92 Å². The van der Waals surface area contributed by atoms with Crippen LogP contribution in [0.5, 0.6) is 0 Å². The lowest BCUT2D eigenvalue weighted by molar-refractivity contribution is 0.0946. The van der Waals surface area contributed by atoms with Crippen LogP contribution in [0.4, 0.5) is 0 Å². The van der Waals surface area contributed by atoms with Gasteiger partial charge in [0.1, 0.15) is 5.69 Å². The molecule has 0 fully saturated rings. The second-order valence-corrected chi connectivity index (χ2v) is 4.83. The lowest BCUT2D eigenvalue weighted by Crippen LogP contribution is -2.23. The number of aromatic amines is 1. The zero-order valence-electron chi connectivity index (χ0n) is 10.8. The van der Waals surface area contributed by atoms with Gasteiger partial charge in [0, 0.05) is 25.3 Å². The quantitative estimate of drug-likeness (QED) is 0.774. The highest BCUT2D eigenvalue weighted by Gasteiger charge is 2.11. The lowest BCUT2D eigenvalue weighted by atomic mass is 10.1. The number of fused-ring (bicyclic) bond motifs is 1. The lowest BCUT2D eigenvalue weighted by Gasteiger charge is -2.05. The van der Waals surface area contributed by atoms with Crippen molar-refractivity contribution in [2.24, 2.45) is 0 Å².